The fourth-order valence-electron chi connectivity index (χ4n) is 2.53. The topological polar surface area (TPSA) is 67.4 Å². The van der Waals surface area contributed by atoms with Crippen LogP contribution in [0.4, 0.5) is 15.5 Å². The maximum absolute atomic E-state index is 12.5. The van der Waals surface area contributed by atoms with Crippen LogP contribution in [0, 0.1) is 0 Å². The number of thiophene rings is 1. The molecule has 1 aromatic heterocycles. The summed E-state index contributed by atoms with van der Waals surface area (Å²) in [5, 5.41) is 8.31. The number of amides is 2. The first-order valence-electron chi connectivity index (χ1n) is 8.36. The number of halogens is 2. The van der Waals surface area contributed by atoms with Crippen molar-refractivity contribution >= 4 is 57.2 Å². The van der Waals surface area contributed by atoms with Crippen LogP contribution in [0.15, 0.2) is 53.9 Å². The van der Waals surface area contributed by atoms with Gasteiger partial charge in [0.05, 0.1) is 16.7 Å². The second-order valence-corrected chi connectivity index (χ2v) is 7.34. The standard InChI is InChI=1S/C20H16Cl2N2O3S/c1-2-27-19(25)17-14(12-6-4-3-5-7-12)11-28-18(17)24-20(26)23-13-8-9-15(21)16(22)10-13/h3-11H,2H2,1H3,(H2,23,24,26). The Morgan fingerprint density at radius 3 is 2.46 bits per heavy atom. The van der Waals surface area contributed by atoms with Crippen LogP contribution in [-0.2, 0) is 4.74 Å². The van der Waals surface area contributed by atoms with Crippen molar-refractivity contribution in [3.63, 3.8) is 0 Å². The third-order valence-electron chi connectivity index (χ3n) is 3.76. The largest absolute Gasteiger partial charge is 0.462 e. The summed E-state index contributed by atoms with van der Waals surface area (Å²) in [6.45, 7) is 1.97. The highest BCUT2D eigenvalue weighted by Gasteiger charge is 2.22. The van der Waals surface area contributed by atoms with E-state index in [1.54, 1.807) is 25.1 Å². The van der Waals surface area contributed by atoms with E-state index < -0.39 is 12.0 Å². The maximum atomic E-state index is 12.5. The Morgan fingerprint density at radius 1 is 1.04 bits per heavy atom. The number of carbonyl (C=O) groups excluding carboxylic acids is 2. The van der Waals surface area contributed by atoms with Gasteiger partial charge in [-0.1, -0.05) is 53.5 Å². The van der Waals surface area contributed by atoms with Gasteiger partial charge in [0, 0.05) is 16.6 Å². The maximum Gasteiger partial charge on any atom is 0.341 e. The number of esters is 1. The third-order valence-corrected chi connectivity index (χ3v) is 5.39. The Hall–Kier alpha value is -2.54. The summed E-state index contributed by atoms with van der Waals surface area (Å²) in [5.74, 6) is -0.493. The average Bonchev–Trinajstić information content (AvgIpc) is 3.09. The summed E-state index contributed by atoms with van der Waals surface area (Å²) in [7, 11) is 0. The lowest BCUT2D eigenvalue weighted by Crippen LogP contribution is -2.20. The zero-order valence-electron chi connectivity index (χ0n) is 14.8. The number of hydrogen-bond donors (Lipinski definition) is 2. The first-order valence-corrected chi connectivity index (χ1v) is 10.00. The summed E-state index contributed by atoms with van der Waals surface area (Å²) >= 11 is 13.1. The summed E-state index contributed by atoms with van der Waals surface area (Å²) < 4.78 is 5.18. The molecule has 0 aliphatic rings. The van der Waals surface area contributed by atoms with E-state index in [0.717, 1.165) is 5.56 Å². The Labute approximate surface area is 176 Å². The molecule has 2 aromatic carbocycles. The highest BCUT2D eigenvalue weighted by atomic mass is 35.5. The summed E-state index contributed by atoms with van der Waals surface area (Å²) in [6.07, 6.45) is 0. The van der Waals surface area contributed by atoms with Crippen molar-refractivity contribution in [1.29, 1.82) is 0 Å². The smallest absolute Gasteiger partial charge is 0.341 e. The van der Waals surface area contributed by atoms with Crippen LogP contribution in [0.5, 0.6) is 0 Å². The molecule has 2 N–H and O–H groups in total. The van der Waals surface area contributed by atoms with E-state index in [0.29, 0.717) is 31.9 Å². The molecule has 1 heterocycles. The molecule has 8 heteroatoms. The first kappa shape index (κ1) is 20.2. The van der Waals surface area contributed by atoms with Gasteiger partial charge in [0.1, 0.15) is 10.6 Å². The van der Waals surface area contributed by atoms with E-state index in [2.05, 4.69) is 10.6 Å². The van der Waals surface area contributed by atoms with Crippen molar-refractivity contribution in [3.05, 3.63) is 69.5 Å². The highest BCUT2D eigenvalue weighted by Crippen LogP contribution is 2.36. The van der Waals surface area contributed by atoms with Crippen molar-refractivity contribution in [2.75, 3.05) is 17.2 Å². The molecule has 0 aliphatic heterocycles. The molecule has 0 bridgehead atoms. The van der Waals surface area contributed by atoms with Crippen LogP contribution >= 0.6 is 34.5 Å². The van der Waals surface area contributed by atoms with Gasteiger partial charge in [-0.25, -0.2) is 9.59 Å². The normalized spacial score (nSPS) is 10.4. The molecule has 28 heavy (non-hydrogen) atoms. The fraction of sp³-hybridized carbons (Fsp3) is 0.100. The highest BCUT2D eigenvalue weighted by molar-refractivity contribution is 7.15. The van der Waals surface area contributed by atoms with Crippen molar-refractivity contribution in [2.45, 2.75) is 6.92 Å². The molecule has 0 atom stereocenters. The Kier molecular flexibility index (Phi) is 6.57. The molecule has 0 aliphatic carbocycles. The van der Waals surface area contributed by atoms with E-state index in [1.807, 2.05) is 35.7 Å². The summed E-state index contributed by atoms with van der Waals surface area (Å²) in [6, 6.07) is 13.7. The van der Waals surface area contributed by atoms with Gasteiger partial charge < -0.3 is 10.1 Å². The van der Waals surface area contributed by atoms with Crippen LogP contribution < -0.4 is 10.6 Å². The van der Waals surface area contributed by atoms with Crippen molar-refractivity contribution < 1.29 is 14.3 Å². The minimum atomic E-state index is -0.509. The van der Waals surface area contributed by atoms with Gasteiger partial charge in [-0.2, -0.15) is 0 Å². The number of benzene rings is 2. The van der Waals surface area contributed by atoms with Crippen molar-refractivity contribution in [3.8, 4) is 11.1 Å². The quantitative estimate of drug-likeness (QED) is 0.447. The minimum Gasteiger partial charge on any atom is -0.462 e. The molecular formula is C20H16Cl2N2O3S. The predicted octanol–water partition coefficient (Wildman–Crippen LogP) is 6.54. The molecule has 0 radical (unpaired) electrons. The van der Waals surface area contributed by atoms with E-state index in [-0.39, 0.29) is 6.61 Å². The van der Waals surface area contributed by atoms with Gasteiger partial charge in [0.25, 0.3) is 0 Å². The van der Waals surface area contributed by atoms with Gasteiger partial charge in [-0.05, 0) is 30.7 Å². The minimum absolute atomic E-state index is 0.234. The second-order valence-electron chi connectivity index (χ2n) is 5.65. The molecule has 0 saturated carbocycles. The fourth-order valence-corrected chi connectivity index (χ4v) is 3.78. The number of carbonyl (C=O) groups is 2. The molecule has 5 nitrogen and oxygen atoms in total. The van der Waals surface area contributed by atoms with Crippen LogP contribution in [0.3, 0.4) is 0 Å². The zero-order chi connectivity index (χ0) is 20.1. The van der Waals surface area contributed by atoms with Crippen LogP contribution in [-0.4, -0.2) is 18.6 Å². The first-order chi connectivity index (χ1) is 13.5. The molecule has 0 unspecified atom stereocenters. The molecule has 0 spiro atoms. The molecule has 2 amide bonds. The lowest BCUT2D eigenvalue weighted by atomic mass is 10.0. The van der Waals surface area contributed by atoms with Gasteiger partial charge in [-0.15, -0.1) is 11.3 Å². The summed E-state index contributed by atoms with van der Waals surface area (Å²) in [5.41, 5.74) is 2.36. The Morgan fingerprint density at radius 2 is 1.79 bits per heavy atom. The molecule has 0 fully saturated rings. The average molecular weight is 435 g/mol. The van der Waals surface area contributed by atoms with Gasteiger partial charge in [-0.3, -0.25) is 5.32 Å². The Balaban J connectivity index is 1.86. The zero-order valence-corrected chi connectivity index (χ0v) is 17.1. The van der Waals surface area contributed by atoms with Crippen LogP contribution in [0.2, 0.25) is 10.0 Å². The molecule has 3 rings (SSSR count). The van der Waals surface area contributed by atoms with E-state index in [4.69, 9.17) is 27.9 Å². The predicted molar refractivity (Wildman–Crippen MR) is 115 cm³/mol. The van der Waals surface area contributed by atoms with Crippen LogP contribution in [0.25, 0.3) is 11.1 Å². The molecule has 144 valence electrons. The van der Waals surface area contributed by atoms with E-state index in [9.17, 15) is 9.59 Å². The van der Waals surface area contributed by atoms with Crippen LogP contribution in [0.1, 0.15) is 17.3 Å². The van der Waals surface area contributed by atoms with Gasteiger partial charge in [0.2, 0.25) is 0 Å². The number of ether oxygens (including phenoxy) is 1. The number of hydrogen-bond acceptors (Lipinski definition) is 4. The molecule has 0 saturated heterocycles. The van der Waals surface area contributed by atoms with Gasteiger partial charge >= 0.3 is 12.0 Å². The van der Waals surface area contributed by atoms with E-state index in [1.165, 1.54) is 11.3 Å². The number of anilines is 2. The second kappa shape index (κ2) is 9.10. The SMILES string of the molecule is CCOC(=O)c1c(-c2ccccc2)csc1NC(=O)Nc1ccc(Cl)c(Cl)c1. The molecule has 3 aromatic rings. The van der Waals surface area contributed by atoms with Crippen molar-refractivity contribution in [2.24, 2.45) is 0 Å². The van der Waals surface area contributed by atoms with Crippen molar-refractivity contribution in [1.82, 2.24) is 0 Å². The van der Waals surface area contributed by atoms with Gasteiger partial charge in [0.15, 0.2) is 0 Å². The number of urea groups is 1. The molecular weight excluding hydrogens is 419 g/mol. The number of rotatable bonds is 5. The monoisotopic (exact) mass is 434 g/mol. The Bertz CT molecular complexity index is 1010. The third kappa shape index (κ3) is 4.65. The van der Waals surface area contributed by atoms with E-state index >= 15 is 0 Å². The lowest BCUT2D eigenvalue weighted by Gasteiger charge is -2.10. The number of nitrogens with one attached hydrogen (secondary N) is 2. The lowest BCUT2D eigenvalue weighted by molar-refractivity contribution is 0.0529. The summed E-state index contributed by atoms with van der Waals surface area (Å²) in [4.78, 5) is 24.9.